The molecule has 0 bridgehead atoms. The highest BCUT2D eigenvalue weighted by Gasteiger charge is 2.26. The maximum Gasteiger partial charge on any atom is 0.275 e. The summed E-state index contributed by atoms with van der Waals surface area (Å²) < 4.78 is 1.87. The average molecular weight is 368 g/mol. The highest BCUT2D eigenvalue weighted by molar-refractivity contribution is 6.02. The largest absolute Gasteiger partial charge is 0.283 e. The Morgan fingerprint density at radius 3 is 2.75 bits per heavy atom. The third kappa shape index (κ3) is 3.33. The van der Waals surface area contributed by atoms with Gasteiger partial charge < -0.3 is 0 Å². The summed E-state index contributed by atoms with van der Waals surface area (Å²) in [5.74, 6) is 0.0104. The van der Waals surface area contributed by atoms with Gasteiger partial charge in [0.2, 0.25) is 0 Å². The van der Waals surface area contributed by atoms with Gasteiger partial charge in [-0.3, -0.25) is 20.6 Å². The number of nitrogens with zero attached hydrogens (tertiary/aromatic N) is 3. The first-order chi connectivity index (χ1) is 13.7. The van der Waals surface area contributed by atoms with Crippen molar-refractivity contribution in [3.8, 4) is 6.07 Å². The number of hydrazine groups is 1. The Labute approximate surface area is 162 Å². The number of nitrogens with one attached hydrogen (secondary N) is 2. The summed E-state index contributed by atoms with van der Waals surface area (Å²) in [6.45, 7) is 0.971. The number of fused-ring (bicyclic) bond motifs is 1. The lowest BCUT2D eigenvalue weighted by atomic mass is 10.1. The van der Waals surface area contributed by atoms with Crippen molar-refractivity contribution in [3.05, 3.63) is 101 Å². The molecule has 0 saturated carbocycles. The summed E-state index contributed by atoms with van der Waals surface area (Å²) in [7, 11) is 0. The molecule has 1 aliphatic rings. The third-order valence-corrected chi connectivity index (χ3v) is 4.72. The zero-order valence-corrected chi connectivity index (χ0v) is 15.1. The van der Waals surface area contributed by atoms with Crippen molar-refractivity contribution in [2.75, 3.05) is 0 Å². The molecule has 1 aromatic heterocycles. The maximum absolute atomic E-state index is 12.7. The topological polar surface area (TPSA) is 83.9 Å². The first kappa shape index (κ1) is 17.4. The highest BCUT2D eigenvalue weighted by atomic mass is 16.2. The lowest BCUT2D eigenvalue weighted by molar-refractivity contribution is -0.688. The number of pyridine rings is 1. The van der Waals surface area contributed by atoms with Crippen molar-refractivity contribution in [1.29, 1.82) is 10.7 Å². The number of benzene rings is 2. The van der Waals surface area contributed by atoms with Gasteiger partial charge in [-0.2, -0.15) is 9.83 Å². The quantitative estimate of drug-likeness (QED) is 0.694. The summed E-state index contributed by atoms with van der Waals surface area (Å²) in [5.41, 5.74) is 6.66. The van der Waals surface area contributed by atoms with Crippen LogP contribution in [0.25, 0.3) is 0 Å². The summed E-state index contributed by atoms with van der Waals surface area (Å²) >= 11 is 0. The number of carbonyl (C=O) groups is 1. The molecule has 1 amide bonds. The number of nitriles is 1. The Kier molecular flexibility index (Phi) is 4.56. The van der Waals surface area contributed by atoms with Crippen LogP contribution in [0, 0.1) is 16.7 Å². The van der Waals surface area contributed by atoms with Crippen LogP contribution in [-0.2, 0) is 13.1 Å². The van der Waals surface area contributed by atoms with E-state index in [9.17, 15) is 10.1 Å². The Morgan fingerprint density at radius 1 is 1.14 bits per heavy atom. The second kappa shape index (κ2) is 7.33. The molecule has 0 aliphatic carbocycles. The number of rotatable bonds is 4. The minimum absolute atomic E-state index is 0.277. The zero-order valence-electron chi connectivity index (χ0n) is 15.1. The molecule has 0 saturated heterocycles. The van der Waals surface area contributed by atoms with Crippen molar-refractivity contribution in [3.63, 3.8) is 0 Å². The molecular formula is C22H18N5O+. The van der Waals surface area contributed by atoms with Crippen LogP contribution in [0.1, 0.15) is 32.6 Å². The fraction of sp³-hybridized carbons (Fsp3) is 0.0909. The number of hydrogen-bond acceptors (Lipinski definition) is 3. The SMILES string of the molecule is N#Cc1ccccc1C[n+]1cccc(C(=O)NN2Cc3ccccc3C2=N)c1. The van der Waals surface area contributed by atoms with E-state index in [1.807, 2.05) is 53.2 Å². The molecule has 0 spiro atoms. The van der Waals surface area contributed by atoms with Gasteiger partial charge >= 0.3 is 0 Å². The Morgan fingerprint density at radius 2 is 1.93 bits per heavy atom. The first-order valence-corrected chi connectivity index (χ1v) is 8.88. The molecule has 136 valence electrons. The van der Waals surface area contributed by atoms with Crippen molar-refractivity contribution in [2.24, 2.45) is 0 Å². The van der Waals surface area contributed by atoms with Crippen LogP contribution in [0.3, 0.4) is 0 Å². The smallest absolute Gasteiger partial charge is 0.275 e. The van der Waals surface area contributed by atoms with Crippen molar-refractivity contribution in [1.82, 2.24) is 10.4 Å². The summed E-state index contributed by atoms with van der Waals surface area (Å²) in [6.07, 6.45) is 3.61. The number of amidine groups is 1. The molecule has 6 nitrogen and oxygen atoms in total. The standard InChI is InChI=1S/C22H17N5O/c23-12-16-6-1-2-7-17(16)13-26-11-5-9-19(14-26)22(28)25-27-15-18-8-3-4-10-20(18)21(27)24/h1-11,14,24H,13,15H2/p+1. The first-order valence-electron chi connectivity index (χ1n) is 8.88. The van der Waals surface area contributed by atoms with Gasteiger partial charge in [0.1, 0.15) is 11.4 Å². The molecule has 0 unspecified atom stereocenters. The van der Waals surface area contributed by atoms with Gasteiger partial charge in [0.05, 0.1) is 18.2 Å². The molecular weight excluding hydrogens is 350 g/mol. The van der Waals surface area contributed by atoms with Crippen molar-refractivity contribution < 1.29 is 9.36 Å². The summed E-state index contributed by atoms with van der Waals surface area (Å²) in [4.78, 5) is 12.7. The van der Waals surface area contributed by atoms with Crippen molar-refractivity contribution >= 4 is 11.7 Å². The van der Waals surface area contributed by atoms with Crippen LogP contribution in [0.5, 0.6) is 0 Å². The van der Waals surface area contributed by atoms with E-state index >= 15 is 0 Å². The number of amides is 1. The molecule has 6 heteroatoms. The molecule has 4 rings (SSSR count). The third-order valence-electron chi connectivity index (χ3n) is 4.72. The van der Waals surface area contributed by atoms with Crippen LogP contribution in [0.15, 0.2) is 73.1 Å². The van der Waals surface area contributed by atoms with Gasteiger partial charge in [-0.15, -0.1) is 0 Å². The second-order valence-electron chi connectivity index (χ2n) is 6.57. The predicted molar refractivity (Wildman–Crippen MR) is 103 cm³/mol. The molecule has 2 heterocycles. The molecule has 0 atom stereocenters. The highest BCUT2D eigenvalue weighted by Crippen LogP contribution is 2.20. The fourth-order valence-electron chi connectivity index (χ4n) is 3.29. The van der Waals surface area contributed by atoms with Crippen LogP contribution in [0.4, 0.5) is 0 Å². The van der Waals surface area contributed by atoms with E-state index in [4.69, 9.17) is 5.41 Å². The molecule has 0 radical (unpaired) electrons. The van der Waals surface area contributed by atoms with Gasteiger partial charge in [-0.1, -0.05) is 42.5 Å². The van der Waals surface area contributed by atoms with E-state index in [0.717, 1.165) is 16.7 Å². The van der Waals surface area contributed by atoms with Gasteiger partial charge in [0, 0.05) is 17.2 Å². The van der Waals surface area contributed by atoms with E-state index in [-0.39, 0.29) is 11.7 Å². The van der Waals surface area contributed by atoms with Gasteiger partial charge in [-0.25, -0.2) is 0 Å². The molecule has 2 N–H and O–H groups in total. The van der Waals surface area contributed by atoms with E-state index in [1.165, 1.54) is 0 Å². The zero-order chi connectivity index (χ0) is 19.5. The summed E-state index contributed by atoms with van der Waals surface area (Å²) in [6, 6.07) is 20.8. The number of aromatic nitrogens is 1. The van der Waals surface area contributed by atoms with Crippen molar-refractivity contribution in [2.45, 2.75) is 13.1 Å². The lowest BCUT2D eigenvalue weighted by Gasteiger charge is -2.18. The second-order valence-corrected chi connectivity index (χ2v) is 6.57. The van der Waals surface area contributed by atoms with Crippen LogP contribution < -0.4 is 9.99 Å². The molecule has 1 aliphatic heterocycles. The Hall–Kier alpha value is -3.98. The Bertz CT molecular complexity index is 1120. The molecule has 28 heavy (non-hydrogen) atoms. The van der Waals surface area contributed by atoms with E-state index in [2.05, 4.69) is 11.5 Å². The van der Waals surface area contributed by atoms with E-state index < -0.39 is 0 Å². The monoisotopic (exact) mass is 368 g/mol. The van der Waals surface area contributed by atoms with Crippen LogP contribution in [-0.4, -0.2) is 16.8 Å². The molecule has 2 aromatic carbocycles. The lowest BCUT2D eigenvalue weighted by Crippen LogP contribution is -2.43. The molecule has 3 aromatic rings. The van der Waals surface area contributed by atoms with E-state index in [1.54, 1.807) is 29.4 Å². The van der Waals surface area contributed by atoms with Gasteiger partial charge in [-0.05, 0) is 17.7 Å². The van der Waals surface area contributed by atoms with Gasteiger partial charge in [0.25, 0.3) is 5.91 Å². The van der Waals surface area contributed by atoms with E-state index in [0.29, 0.717) is 24.2 Å². The van der Waals surface area contributed by atoms with Crippen LogP contribution in [0.2, 0.25) is 0 Å². The average Bonchev–Trinajstić information content (AvgIpc) is 3.04. The summed E-state index contributed by atoms with van der Waals surface area (Å²) in [5, 5.41) is 19.1. The predicted octanol–water partition coefficient (Wildman–Crippen LogP) is 2.38. The fourth-order valence-corrected chi connectivity index (χ4v) is 3.29. The van der Waals surface area contributed by atoms with Gasteiger partial charge in [0.15, 0.2) is 18.9 Å². The number of carbonyl (C=O) groups excluding carboxylic acids is 1. The normalized spacial score (nSPS) is 12.4. The number of hydrogen-bond donors (Lipinski definition) is 2. The Balaban J connectivity index is 1.50. The minimum atomic E-state index is -0.277. The molecule has 0 fully saturated rings. The van der Waals surface area contributed by atoms with Crippen LogP contribution >= 0.6 is 0 Å². The maximum atomic E-state index is 12.7. The minimum Gasteiger partial charge on any atom is -0.283 e.